The van der Waals surface area contributed by atoms with Crippen LogP contribution in [-0.2, 0) is 6.42 Å². The summed E-state index contributed by atoms with van der Waals surface area (Å²) in [5, 5.41) is 0.783. The van der Waals surface area contributed by atoms with Gasteiger partial charge in [-0.25, -0.2) is 13.8 Å². The van der Waals surface area contributed by atoms with Crippen LogP contribution in [0.3, 0.4) is 0 Å². The number of hydrogen-bond donors (Lipinski definition) is 1. The Balaban J connectivity index is 1.96. The maximum absolute atomic E-state index is 13.6. The summed E-state index contributed by atoms with van der Waals surface area (Å²) in [7, 11) is 0. The van der Waals surface area contributed by atoms with Gasteiger partial charge in [-0.3, -0.25) is 0 Å². The third-order valence-corrected chi connectivity index (χ3v) is 3.83. The summed E-state index contributed by atoms with van der Waals surface area (Å²) < 4.78 is 27.4. The van der Waals surface area contributed by atoms with E-state index in [2.05, 4.69) is 4.98 Å². The molecule has 0 radical (unpaired) electrons. The van der Waals surface area contributed by atoms with Crippen molar-refractivity contribution in [2.24, 2.45) is 0 Å². The Bertz CT molecular complexity index is 752. The number of hydrogen-bond acceptors (Lipinski definition) is 3. The highest BCUT2D eigenvalue weighted by atomic mass is 32.1. The molecule has 96 valence electrons. The van der Waals surface area contributed by atoms with Crippen LogP contribution in [0.2, 0.25) is 0 Å². The van der Waals surface area contributed by atoms with Crippen molar-refractivity contribution in [3.05, 3.63) is 58.6 Å². The molecule has 0 aliphatic heterocycles. The SMILES string of the molecule is Nc1ccc2nc(Cc3ccc(F)cc3F)sc2c1. The number of nitrogens with zero attached hydrogens (tertiary/aromatic N) is 1. The maximum Gasteiger partial charge on any atom is 0.129 e. The average Bonchev–Trinajstić information content (AvgIpc) is 2.74. The van der Waals surface area contributed by atoms with E-state index >= 15 is 0 Å². The van der Waals surface area contributed by atoms with Gasteiger partial charge < -0.3 is 5.73 Å². The van der Waals surface area contributed by atoms with Crippen LogP contribution in [0.1, 0.15) is 10.6 Å². The first-order chi connectivity index (χ1) is 9.11. The molecule has 19 heavy (non-hydrogen) atoms. The first kappa shape index (κ1) is 12.0. The van der Waals surface area contributed by atoms with Gasteiger partial charge in [-0.1, -0.05) is 6.07 Å². The number of nitrogens with two attached hydrogens (primary N) is 1. The number of thiazole rings is 1. The zero-order chi connectivity index (χ0) is 13.4. The summed E-state index contributed by atoms with van der Waals surface area (Å²) in [6.07, 6.45) is 0.353. The van der Waals surface area contributed by atoms with Crippen LogP contribution in [0.4, 0.5) is 14.5 Å². The molecule has 0 atom stereocenters. The number of fused-ring (bicyclic) bond motifs is 1. The number of aromatic nitrogens is 1. The fourth-order valence-corrected chi connectivity index (χ4v) is 2.93. The van der Waals surface area contributed by atoms with Gasteiger partial charge >= 0.3 is 0 Å². The summed E-state index contributed by atoms with van der Waals surface area (Å²) in [6.45, 7) is 0. The van der Waals surface area contributed by atoms with Crippen molar-refractivity contribution < 1.29 is 8.78 Å². The minimum Gasteiger partial charge on any atom is -0.399 e. The molecule has 0 aliphatic rings. The van der Waals surface area contributed by atoms with Crippen molar-refractivity contribution in [3.63, 3.8) is 0 Å². The van der Waals surface area contributed by atoms with Crippen LogP contribution in [0.5, 0.6) is 0 Å². The lowest BCUT2D eigenvalue weighted by Gasteiger charge is -1.99. The Kier molecular flexibility index (Phi) is 2.91. The summed E-state index contributed by atoms with van der Waals surface area (Å²) >= 11 is 1.47. The monoisotopic (exact) mass is 276 g/mol. The van der Waals surface area contributed by atoms with Crippen molar-refractivity contribution in [2.75, 3.05) is 5.73 Å². The molecule has 0 amide bonds. The molecule has 5 heteroatoms. The lowest BCUT2D eigenvalue weighted by Crippen LogP contribution is -1.92. The molecule has 2 aromatic carbocycles. The van der Waals surface area contributed by atoms with Gasteiger partial charge in [0.1, 0.15) is 11.6 Å². The fourth-order valence-electron chi connectivity index (χ4n) is 1.89. The molecule has 1 aromatic heterocycles. The zero-order valence-electron chi connectivity index (χ0n) is 9.86. The van der Waals surface area contributed by atoms with Gasteiger partial charge in [0.15, 0.2) is 0 Å². The minimum atomic E-state index is -0.571. The molecule has 0 spiro atoms. The van der Waals surface area contributed by atoms with E-state index in [-0.39, 0.29) is 0 Å². The van der Waals surface area contributed by atoms with E-state index in [9.17, 15) is 8.78 Å². The largest absolute Gasteiger partial charge is 0.399 e. The molecule has 0 bridgehead atoms. The van der Waals surface area contributed by atoms with E-state index in [1.807, 2.05) is 12.1 Å². The molecule has 3 aromatic rings. The number of anilines is 1. The molecule has 1 heterocycles. The quantitative estimate of drug-likeness (QED) is 0.724. The zero-order valence-corrected chi connectivity index (χ0v) is 10.7. The molecule has 0 aliphatic carbocycles. The van der Waals surface area contributed by atoms with E-state index in [4.69, 9.17) is 5.73 Å². The Labute approximate surface area is 112 Å². The van der Waals surface area contributed by atoms with Crippen molar-refractivity contribution in [3.8, 4) is 0 Å². The molecule has 0 saturated carbocycles. The second-order valence-electron chi connectivity index (χ2n) is 4.25. The van der Waals surface area contributed by atoms with Crippen LogP contribution in [-0.4, -0.2) is 4.98 Å². The lowest BCUT2D eigenvalue weighted by atomic mass is 10.1. The van der Waals surface area contributed by atoms with Gasteiger partial charge in [0.05, 0.1) is 15.2 Å². The summed E-state index contributed by atoms with van der Waals surface area (Å²) in [4.78, 5) is 4.42. The van der Waals surface area contributed by atoms with Crippen molar-refractivity contribution >= 4 is 27.2 Å². The van der Waals surface area contributed by atoms with E-state index in [0.29, 0.717) is 17.7 Å². The smallest absolute Gasteiger partial charge is 0.129 e. The highest BCUT2D eigenvalue weighted by Gasteiger charge is 2.09. The van der Waals surface area contributed by atoms with Crippen molar-refractivity contribution in [2.45, 2.75) is 6.42 Å². The molecular formula is C14H10F2N2S. The molecule has 3 rings (SSSR count). The topological polar surface area (TPSA) is 38.9 Å². The predicted molar refractivity (Wildman–Crippen MR) is 73.2 cm³/mol. The van der Waals surface area contributed by atoms with Crippen LogP contribution in [0.25, 0.3) is 10.2 Å². The molecule has 0 saturated heterocycles. The molecule has 2 N–H and O–H groups in total. The maximum atomic E-state index is 13.6. The summed E-state index contributed by atoms with van der Waals surface area (Å²) in [5.74, 6) is -1.11. The number of rotatable bonds is 2. The van der Waals surface area contributed by atoms with E-state index in [1.165, 1.54) is 23.5 Å². The number of halogens is 2. The molecule has 0 fully saturated rings. The second-order valence-corrected chi connectivity index (χ2v) is 5.36. The van der Waals surface area contributed by atoms with E-state index in [0.717, 1.165) is 21.3 Å². The normalized spacial score (nSPS) is 11.1. The van der Waals surface area contributed by atoms with E-state index < -0.39 is 11.6 Å². The van der Waals surface area contributed by atoms with Gasteiger partial charge in [0, 0.05) is 18.2 Å². The standard InChI is InChI=1S/C14H10F2N2S/c15-9-2-1-8(11(16)6-9)5-14-18-12-4-3-10(17)7-13(12)19-14/h1-4,6-7H,5,17H2. The van der Waals surface area contributed by atoms with Gasteiger partial charge in [-0.05, 0) is 29.8 Å². The highest BCUT2D eigenvalue weighted by Crippen LogP contribution is 2.26. The summed E-state index contributed by atoms with van der Waals surface area (Å²) in [5.41, 5.74) is 7.66. The van der Waals surface area contributed by atoms with Crippen LogP contribution < -0.4 is 5.73 Å². The Morgan fingerprint density at radius 3 is 2.74 bits per heavy atom. The van der Waals surface area contributed by atoms with Gasteiger partial charge in [-0.15, -0.1) is 11.3 Å². The average molecular weight is 276 g/mol. The minimum absolute atomic E-state index is 0.353. The highest BCUT2D eigenvalue weighted by molar-refractivity contribution is 7.18. The first-order valence-electron chi connectivity index (χ1n) is 5.71. The van der Waals surface area contributed by atoms with Crippen LogP contribution in [0, 0.1) is 11.6 Å². The Morgan fingerprint density at radius 2 is 1.95 bits per heavy atom. The fraction of sp³-hybridized carbons (Fsp3) is 0.0714. The third-order valence-electron chi connectivity index (χ3n) is 2.81. The molecular weight excluding hydrogens is 266 g/mol. The number of benzene rings is 2. The summed E-state index contributed by atoms with van der Waals surface area (Å²) in [6, 6.07) is 9.06. The van der Waals surface area contributed by atoms with Crippen molar-refractivity contribution in [1.29, 1.82) is 0 Å². The Hall–Kier alpha value is -2.01. The third kappa shape index (κ3) is 2.42. The van der Waals surface area contributed by atoms with Gasteiger partial charge in [0.25, 0.3) is 0 Å². The predicted octanol–water partition coefficient (Wildman–Crippen LogP) is 3.75. The Morgan fingerprint density at radius 1 is 1.11 bits per heavy atom. The molecule has 0 unspecified atom stereocenters. The molecule has 2 nitrogen and oxygen atoms in total. The first-order valence-corrected chi connectivity index (χ1v) is 6.52. The van der Waals surface area contributed by atoms with Crippen molar-refractivity contribution in [1.82, 2.24) is 4.98 Å². The van der Waals surface area contributed by atoms with Crippen LogP contribution in [0.15, 0.2) is 36.4 Å². The second kappa shape index (κ2) is 4.59. The van der Waals surface area contributed by atoms with Gasteiger partial charge in [0.2, 0.25) is 0 Å². The van der Waals surface area contributed by atoms with Crippen LogP contribution >= 0.6 is 11.3 Å². The van der Waals surface area contributed by atoms with E-state index in [1.54, 1.807) is 6.07 Å². The van der Waals surface area contributed by atoms with Gasteiger partial charge in [-0.2, -0.15) is 0 Å². The lowest BCUT2D eigenvalue weighted by molar-refractivity contribution is 0.574. The number of nitrogen functional groups attached to an aromatic ring is 1.